The van der Waals surface area contributed by atoms with Crippen molar-refractivity contribution in [1.82, 2.24) is 0 Å². The summed E-state index contributed by atoms with van der Waals surface area (Å²) in [4.78, 5) is 0. The number of hydrogen-bond acceptors (Lipinski definition) is 2. The van der Waals surface area contributed by atoms with Gasteiger partial charge in [0.15, 0.2) is 0 Å². The Bertz CT molecular complexity index is 707. The van der Waals surface area contributed by atoms with Gasteiger partial charge in [-0.15, -0.1) is 0 Å². The Balaban J connectivity index is 1.62. The average molecular weight is 288 g/mol. The van der Waals surface area contributed by atoms with E-state index in [1.54, 1.807) is 0 Å². The molecule has 0 spiro atoms. The Labute approximate surface area is 131 Å². The van der Waals surface area contributed by atoms with Crippen LogP contribution < -0.4 is 5.01 Å². The van der Waals surface area contributed by atoms with E-state index < -0.39 is 0 Å². The maximum Gasteiger partial charge on any atom is 0.0737 e. The van der Waals surface area contributed by atoms with E-state index in [-0.39, 0.29) is 0 Å². The first-order valence-corrected chi connectivity index (χ1v) is 8.40. The lowest BCUT2D eigenvalue weighted by Gasteiger charge is -2.31. The van der Waals surface area contributed by atoms with Gasteiger partial charge >= 0.3 is 0 Å². The van der Waals surface area contributed by atoms with E-state index in [1.807, 2.05) is 0 Å². The molecule has 5 rings (SSSR count). The molecule has 0 N–H and O–H groups in total. The molecule has 4 atom stereocenters. The molecular formula is C20H20N2. The van der Waals surface area contributed by atoms with Gasteiger partial charge in [-0.1, -0.05) is 48.5 Å². The number of rotatable bonds is 2. The molecule has 1 heterocycles. The van der Waals surface area contributed by atoms with Crippen LogP contribution in [0.1, 0.15) is 24.8 Å². The molecule has 3 aliphatic rings. The maximum absolute atomic E-state index is 5.10. The van der Waals surface area contributed by atoms with Crippen molar-refractivity contribution >= 4 is 11.4 Å². The average Bonchev–Trinajstić information content (AvgIpc) is 3.29. The highest BCUT2D eigenvalue weighted by molar-refractivity contribution is 6.05. The fraction of sp³-hybridized carbons (Fsp3) is 0.350. The second-order valence-corrected chi connectivity index (χ2v) is 6.88. The van der Waals surface area contributed by atoms with Crippen LogP contribution in [0.25, 0.3) is 0 Å². The van der Waals surface area contributed by atoms with Gasteiger partial charge in [-0.3, -0.25) is 5.01 Å². The lowest BCUT2D eigenvalue weighted by molar-refractivity contribution is 0.364. The van der Waals surface area contributed by atoms with Crippen LogP contribution in [0.4, 0.5) is 5.69 Å². The van der Waals surface area contributed by atoms with Crippen LogP contribution in [0.3, 0.4) is 0 Å². The minimum atomic E-state index is 0.580. The predicted molar refractivity (Wildman–Crippen MR) is 90.0 cm³/mol. The van der Waals surface area contributed by atoms with Gasteiger partial charge in [0, 0.05) is 5.92 Å². The van der Waals surface area contributed by atoms with Crippen LogP contribution in [0.5, 0.6) is 0 Å². The molecular weight excluding hydrogens is 268 g/mol. The highest BCUT2D eigenvalue weighted by atomic mass is 15.5. The molecule has 0 radical (unpaired) electrons. The predicted octanol–water partition coefficient (Wildman–Crippen LogP) is 4.33. The van der Waals surface area contributed by atoms with E-state index in [0.717, 1.165) is 11.8 Å². The molecule has 2 aromatic rings. The minimum Gasteiger partial charge on any atom is -0.261 e. The monoisotopic (exact) mass is 288 g/mol. The molecule has 0 saturated heterocycles. The first kappa shape index (κ1) is 12.5. The molecule has 0 unspecified atom stereocenters. The molecule has 2 bridgehead atoms. The highest BCUT2D eigenvalue weighted by Crippen LogP contribution is 2.54. The Morgan fingerprint density at radius 2 is 1.50 bits per heavy atom. The Hall–Kier alpha value is -2.09. The van der Waals surface area contributed by atoms with Crippen molar-refractivity contribution in [1.29, 1.82) is 0 Å². The van der Waals surface area contributed by atoms with Crippen LogP contribution >= 0.6 is 0 Å². The normalized spacial score (nSPS) is 32.2. The van der Waals surface area contributed by atoms with Gasteiger partial charge in [0.2, 0.25) is 0 Å². The zero-order valence-corrected chi connectivity index (χ0v) is 12.6. The second kappa shape index (κ2) is 4.70. The van der Waals surface area contributed by atoms with Crippen molar-refractivity contribution < 1.29 is 0 Å². The summed E-state index contributed by atoms with van der Waals surface area (Å²) >= 11 is 0. The van der Waals surface area contributed by atoms with Crippen LogP contribution in [0, 0.1) is 17.8 Å². The summed E-state index contributed by atoms with van der Waals surface area (Å²) in [5, 5.41) is 7.43. The van der Waals surface area contributed by atoms with Crippen molar-refractivity contribution in [3.63, 3.8) is 0 Å². The standard InChI is InChI=1S/C20H20N2/c1-3-7-14(8-4-1)19-18-15-11-12-16(13-15)20(18)22(21-19)17-9-5-2-6-10-17/h1-10,15-16,18,20H,11-13H2/t15-,16-,18+,20-/m0/s1. The SMILES string of the molecule is c1ccc(C2=NN(c3ccccc3)[C@H]3[C@H]4CC[C@@H](C4)[C@H]23)cc1. The summed E-state index contributed by atoms with van der Waals surface area (Å²) in [5.74, 6) is 2.28. The molecule has 0 aromatic heterocycles. The third-order valence-electron chi connectivity index (χ3n) is 5.78. The zero-order chi connectivity index (χ0) is 14.5. The van der Waals surface area contributed by atoms with Crippen LogP contribution in [-0.4, -0.2) is 11.8 Å². The second-order valence-electron chi connectivity index (χ2n) is 6.88. The highest BCUT2D eigenvalue weighted by Gasteiger charge is 2.55. The van der Waals surface area contributed by atoms with Crippen LogP contribution in [-0.2, 0) is 0 Å². The summed E-state index contributed by atoms with van der Waals surface area (Å²) in [5.41, 5.74) is 3.88. The summed E-state index contributed by atoms with van der Waals surface area (Å²) in [6.45, 7) is 0. The quantitative estimate of drug-likeness (QED) is 0.803. The van der Waals surface area contributed by atoms with Gasteiger partial charge in [0.05, 0.1) is 17.4 Å². The number of fused-ring (bicyclic) bond motifs is 5. The molecule has 2 aliphatic carbocycles. The Morgan fingerprint density at radius 1 is 0.818 bits per heavy atom. The van der Waals surface area contributed by atoms with Gasteiger partial charge in [0.25, 0.3) is 0 Å². The van der Waals surface area contributed by atoms with Gasteiger partial charge in [-0.2, -0.15) is 5.10 Å². The Morgan fingerprint density at radius 3 is 2.27 bits per heavy atom. The summed E-state index contributed by atoms with van der Waals surface area (Å²) in [6.07, 6.45) is 4.16. The lowest BCUT2D eigenvalue weighted by Crippen LogP contribution is -2.38. The van der Waals surface area contributed by atoms with Crippen molar-refractivity contribution in [3.05, 3.63) is 66.2 Å². The lowest BCUT2D eigenvalue weighted by atomic mass is 9.80. The molecule has 2 saturated carbocycles. The molecule has 2 aromatic carbocycles. The third-order valence-corrected chi connectivity index (χ3v) is 5.78. The molecule has 22 heavy (non-hydrogen) atoms. The zero-order valence-electron chi connectivity index (χ0n) is 12.6. The molecule has 2 heteroatoms. The number of hydrogen-bond donors (Lipinski definition) is 0. The van der Waals surface area contributed by atoms with Crippen molar-refractivity contribution in [2.75, 3.05) is 5.01 Å². The molecule has 2 nitrogen and oxygen atoms in total. The van der Waals surface area contributed by atoms with E-state index in [4.69, 9.17) is 5.10 Å². The third kappa shape index (κ3) is 1.70. The van der Waals surface area contributed by atoms with Crippen molar-refractivity contribution in [3.8, 4) is 0 Å². The van der Waals surface area contributed by atoms with Gasteiger partial charge in [-0.05, 0) is 48.8 Å². The van der Waals surface area contributed by atoms with E-state index in [9.17, 15) is 0 Å². The topological polar surface area (TPSA) is 15.6 Å². The largest absolute Gasteiger partial charge is 0.261 e. The molecule has 1 aliphatic heterocycles. The van der Waals surface area contributed by atoms with E-state index in [2.05, 4.69) is 65.7 Å². The van der Waals surface area contributed by atoms with Crippen molar-refractivity contribution in [2.45, 2.75) is 25.3 Å². The number of anilines is 1. The smallest absolute Gasteiger partial charge is 0.0737 e. The maximum atomic E-state index is 5.10. The first-order valence-electron chi connectivity index (χ1n) is 8.40. The van der Waals surface area contributed by atoms with Gasteiger partial charge in [0.1, 0.15) is 0 Å². The number of hydrazone groups is 1. The fourth-order valence-corrected chi connectivity index (χ4v) is 4.92. The number of para-hydroxylation sites is 1. The minimum absolute atomic E-state index is 0.580. The van der Waals surface area contributed by atoms with E-state index in [0.29, 0.717) is 12.0 Å². The number of nitrogens with zero attached hydrogens (tertiary/aromatic N) is 2. The van der Waals surface area contributed by atoms with Crippen molar-refractivity contribution in [2.24, 2.45) is 22.9 Å². The van der Waals surface area contributed by atoms with Gasteiger partial charge < -0.3 is 0 Å². The summed E-state index contributed by atoms with van der Waals surface area (Å²) in [6, 6.07) is 22.1. The fourth-order valence-electron chi connectivity index (χ4n) is 4.92. The molecule has 110 valence electrons. The van der Waals surface area contributed by atoms with Crippen LogP contribution in [0.2, 0.25) is 0 Å². The van der Waals surface area contributed by atoms with Gasteiger partial charge in [-0.25, -0.2) is 0 Å². The Kier molecular flexibility index (Phi) is 2.66. The van der Waals surface area contributed by atoms with E-state index >= 15 is 0 Å². The van der Waals surface area contributed by atoms with Crippen LogP contribution in [0.15, 0.2) is 65.8 Å². The summed E-state index contributed by atoms with van der Waals surface area (Å²) in [7, 11) is 0. The number of benzene rings is 2. The summed E-state index contributed by atoms with van der Waals surface area (Å²) < 4.78 is 0. The van der Waals surface area contributed by atoms with E-state index in [1.165, 1.54) is 36.2 Å². The first-order chi connectivity index (χ1) is 10.9. The molecule has 2 fully saturated rings. The molecule has 0 amide bonds.